The van der Waals surface area contributed by atoms with Crippen LogP contribution in [-0.4, -0.2) is 125 Å². The highest BCUT2D eigenvalue weighted by molar-refractivity contribution is 7.91. The molecule has 1 saturated heterocycles. The molecular weight excluding hydrogens is 821 g/mol. The lowest BCUT2D eigenvalue weighted by atomic mass is 10.0. The summed E-state index contributed by atoms with van der Waals surface area (Å²) in [5.41, 5.74) is -0.208. The largest absolute Gasteiger partial charge is 0.496 e. The van der Waals surface area contributed by atoms with Gasteiger partial charge in [0.05, 0.1) is 30.5 Å². The molecule has 2 saturated carbocycles. The quantitative estimate of drug-likeness (QED) is 0.224. The maximum absolute atomic E-state index is 14.9. The Morgan fingerprint density at radius 1 is 1.06 bits per heavy atom. The fourth-order valence-electron chi connectivity index (χ4n) is 8.09. The molecule has 3 fully saturated rings. The van der Waals surface area contributed by atoms with E-state index in [0.29, 0.717) is 60.4 Å². The topological polar surface area (TPSA) is 220 Å². The van der Waals surface area contributed by atoms with E-state index >= 15 is 0 Å². The van der Waals surface area contributed by atoms with E-state index < -0.39 is 68.5 Å². The third-order valence-corrected chi connectivity index (χ3v) is 13.6. The van der Waals surface area contributed by atoms with Gasteiger partial charge in [-0.25, -0.2) is 13.4 Å². The molecule has 0 bridgehead atoms. The van der Waals surface area contributed by atoms with Crippen molar-refractivity contribution in [1.82, 2.24) is 39.9 Å². The zero-order valence-electron chi connectivity index (χ0n) is 36.0. The number of aromatic nitrogens is 3. The SMILES string of the molecule is COc1ccc2c(O[C@@H]3C[C@H]4C(=O)N[C@]5(C(=O)NS(=O)(=O)C6CC6)C[C@H]5/C=C\CCCCC[C@H](NC(=O)c5ccn(CC(=O)N(C)C)n5)C(=O)N4C3)cc(OC(C)C)nc2c1C. The first-order valence-corrected chi connectivity index (χ1v) is 22.8. The van der Waals surface area contributed by atoms with Crippen LogP contribution < -0.4 is 29.6 Å². The lowest BCUT2D eigenvalue weighted by molar-refractivity contribution is -0.141. The average Bonchev–Trinajstić information content (AvgIpc) is 4.10. The molecule has 62 heavy (non-hydrogen) atoms. The van der Waals surface area contributed by atoms with E-state index in [0.717, 1.165) is 12.0 Å². The van der Waals surface area contributed by atoms with Crippen LogP contribution in [0.5, 0.6) is 17.4 Å². The van der Waals surface area contributed by atoms with E-state index in [1.54, 1.807) is 33.3 Å². The molecule has 0 radical (unpaired) electrons. The van der Waals surface area contributed by atoms with Crippen molar-refractivity contribution in [3.05, 3.63) is 53.9 Å². The predicted molar refractivity (Wildman–Crippen MR) is 227 cm³/mol. The third-order valence-electron chi connectivity index (χ3n) is 11.8. The number of sulfonamides is 1. The minimum absolute atomic E-state index is 0.000448. The van der Waals surface area contributed by atoms with Crippen LogP contribution in [0.3, 0.4) is 0 Å². The van der Waals surface area contributed by atoms with Crippen molar-refractivity contribution in [1.29, 1.82) is 0 Å². The fraction of sp³-hybridized carbons (Fsp3) is 0.558. The van der Waals surface area contributed by atoms with Gasteiger partial charge in [-0.15, -0.1) is 0 Å². The van der Waals surface area contributed by atoms with Crippen LogP contribution in [0.2, 0.25) is 0 Å². The number of likely N-dealkylation sites (N-methyl/N-ethyl adjacent to an activating group) is 1. The minimum Gasteiger partial charge on any atom is -0.496 e. The molecule has 2 aromatic heterocycles. The second-order valence-electron chi connectivity index (χ2n) is 17.1. The Kier molecular flexibility index (Phi) is 12.8. The molecule has 18 nitrogen and oxygen atoms in total. The number of benzene rings is 1. The Hall–Kier alpha value is -5.72. The van der Waals surface area contributed by atoms with Gasteiger partial charge in [-0.3, -0.25) is 33.4 Å². The van der Waals surface area contributed by atoms with E-state index in [1.807, 2.05) is 39.0 Å². The number of fused-ring (bicyclic) bond motifs is 3. The number of nitrogens with one attached hydrogen (secondary N) is 3. The van der Waals surface area contributed by atoms with E-state index in [-0.39, 0.29) is 50.1 Å². The van der Waals surface area contributed by atoms with Crippen LogP contribution in [0.25, 0.3) is 10.9 Å². The molecule has 3 N–H and O–H groups in total. The number of carbonyl (C=O) groups excluding carboxylic acids is 5. The number of pyridine rings is 1. The van der Waals surface area contributed by atoms with Crippen LogP contribution in [0, 0.1) is 12.8 Å². The zero-order valence-corrected chi connectivity index (χ0v) is 36.8. The maximum Gasteiger partial charge on any atom is 0.272 e. The average molecular weight is 877 g/mol. The van der Waals surface area contributed by atoms with Gasteiger partial charge in [0, 0.05) is 49.6 Å². The second kappa shape index (κ2) is 17.9. The molecule has 19 heteroatoms. The molecule has 0 spiro atoms. The van der Waals surface area contributed by atoms with E-state index in [2.05, 4.69) is 20.5 Å². The second-order valence-corrected chi connectivity index (χ2v) is 19.1. The monoisotopic (exact) mass is 876 g/mol. The molecule has 4 heterocycles. The van der Waals surface area contributed by atoms with Crippen LogP contribution >= 0.6 is 0 Å². The molecule has 2 aliphatic heterocycles. The number of carbonyl (C=O) groups is 5. The lowest BCUT2D eigenvalue weighted by Crippen LogP contribution is -2.58. The van der Waals surface area contributed by atoms with E-state index in [9.17, 15) is 32.4 Å². The molecule has 334 valence electrons. The molecule has 2 aliphatic carbocycles. The molecule has 7 rings (SSSR count). The Labute approximate surface area is 361 Å². The molecule has 0 unspecified atom stereocenters. The highest BCUT2D eigenvalue weighted by Crippen LogP contribution is 2.46. The van der Waals surface area contributed by atoms with Crippen molar-refractivity contribution >= 4 is 50.5 Å². The fourth-order valence-corrected chi connectivity index (χ4v) is 9.45. The summed E-state index contributed by atoms with van der Waals surface area (Å²) in [6.07, 6.45) is 8.35. The summed E-state index contributed by atoms with van der Waals surface area (Å²) in [7, 11) is 0.865. The van der Waals surface area contributed by atoms with Crippen LogP contribution in [0.15, 0.2) is 42.6 Å². The molecule has 5 amide bonds. The Balaban J connectivity index is 1.21. The maximum atomic E-state index is 14.9. The summed E-state index contributed by atoms with van der Waals surface area (Å²) < 4.78 is 47.7. The number of aryl methyl sites for hydroxylation is 1. The molecule has 1 aromatic carbocycles. The van der Waals surface area contributed by atoms with Crippen molar-refractivity contribution in [3.63, 3.8) is 0 Å². The molecular formula is C43H56N8O10S. The van der Waals surface area contributed by atoms with Crippen LogP contribution in [0.4, 0.5) is 0 Å². The molecule has 4 aliphatic rings. The van der Waals surface area contributed by atoms with Crippen molar-refractivity contribution in [2.24, 2.45) is 5.92 Å². The predicted octanol–water partition coefficient (Wildman–Crippen LogP) is 2.77. The number of amides is 5. The van der Waals surface area contributed by atoms with Crippen molar-refractivity contribution < 1.29 is 46.6 Å². The van der Waals surface area contributed by atoms with Gasteiger partial charge < -0.3 is 34.6 Å². The molecule has 5 atom stereocenters. The molecule has 3 aromatic rings. The third kappa shape index (κ3) is 9.66. The highest BCUT2D eigenvalue weighted by atomic mass is 32.2. The summed E-state index contributed by atoms with van der Waals surface area (Å²) in [4.78, 5) is 76.9. The Bertz CT molecular complexity index is 2380. The van der Waals surface area contributed by atoms with Crippen molar-refractivity contribution in [2.45, 2.75) is 120 Å². The number of rotatable bonds is 12. The van der Waals surface area contributed by atoms with Gasteiger partial charge in [0.15, 0.2) is 0 Å². The first-order valence-electron chi connectivity index (χ1n) is 21.2. The van der Waals surface area contributed by atoms with Gasteiger partial charge in [-0.05, 0) is 77.5 Å². The van der Waals surface area contributed by atoms with Gasteiger partial charge in [-0.2, -0.15) is 5.10 Å². The van der Waals surface area contributed by atoms with E-state index in [4.69, 9.17) is 19.2 Å². The summed E-state index contributed by atoms with van der Waals surface area (Å²) in [5, 5.41) is 10.0. The number of nitrogens with zero attached hydrogens (tertiary/aromatic N) is 5. The lowest BCUT2D eigenvalue weighted by Gasteiger charge is -2.29. The summed E-state index contributed by atoms with van der Waals surface area (Å²) in [6, 6.07) is 4.49. The van der Waals surface area contributed by atoms with Crippen LogP contribution in [0.1, 0.15) is 87.7 Å². The van der Waals surface area contributed by atoms with Gasteiger partial charge in [0.1, 0.15) is 47.5 Å². The standard InChI is InChI=1S/C43H56N8O10S/c1-25(2)60-36-21-35(30-16-17-34(59-6)26(3)38(30)45-36)61-28-20-33-40(54)46-43(42(56)48-62(57,58)29-14-15-29)22-27(43)12-10-8-7-9-11-13-32(41(55)51(33)23-28)44-39(53)31-18-19-50(47-31)24-37(52)49(4)5/h10,12,16-19,21,25,27-29,32-33H,7-9,11,13-15,20,22-24H2,1-6H3,(H,44,53)(H,46,54)(H,48,56)/b12-10-/t27-,28-,32+,33+,43-/m1/s1. The minimum atomic E-state index is -3.94. The van der Waals surface area contributed by atoms with Gasteiger partial charge in [-0.1, -0.05) is 25.0 Å². The number of ether oxygens (including phenoxy) is 3. The Morgan fingerprint density at radius 3 is 2.55 bits per heavy atom. The van der Waals surface area contributed by atoms with Crippen molar-refractivity contribution in [3.8, 4) is 17.4 Å². The van der Waals surface area contributed by atoms with Crippen LogP contribution in [-0.2, 0) is 35.7 Å². The summed E-state index contributed by atoms with van der Waals surface area (Å²) >= 11 is 0. The van der Waals surface area contributed by atoms with Gasteiger partial charge in [0.2, 0.25) is 33.6 Å². The van der Waals surface area contributed by atoms with E-state index in [1.165, 1.54) is 26.7 Å². The number of hydrogen-bond acceptors (Lipinski definition) is 12. The zero-order chi connectivity index (χ0) is 44.5. The summed E-state index contributed by atoms with van der Waals surface area (Å²) in [6.45, 7) is 5.47. The number of methoxy groups -OCH3 is 1. The highest BCUT2D eigenvalue weighted by Gasteiger charge is 2.62. The smallest absolute Gasteiger partial charge is 0.272 e. The van der Waals surface area contributed by atoms with Gasteiger partial charge in [0.25, 0.3) is 11.8 Å². The first kappa shape index (κ1) is 44.3. The van der Waals surface area contributed by atoms with Crippen molar-refractivity contribution in [2.75, 3.05) is 27.7 Å². The normalized spacial score (nSPS) is 24.8. The number of hydrogen-bond donors (Lipinski definition) is 3. The first-order chi connectivity index (χ1) is 29.5. The van der Waals surface area contributed by atoms with Gasteiger partial charge >= 0.3 is 0 Å². The Morgan fingerprint density at radius 2 is 1.84 bits per heavy atom. The summed E-state index contributed by atoms with van der Waals surface area (Å²) in [5.74, 6) is -2.01. The number of allylic oxidation sites excluding steroid dienone is 1.